The first-order chi connectivity index (χ1) is 12.2. The van der Waals surface area contributed by atoms with Gasteiger partial charge in [-0.3, -0.25) is 9.89 Å². The van der Waals surface area contributed by atoms with Gasteiger partial charge in [-0.05, 0) is 31.4 Å². The van der Waals surface area contributed by atoms with Gasteiger partial charge in [-0.15, -0.1) is 0 Å². The Bertz CT molecular complexity index is 718. The van der Waals surface area contributed by atoms with Gasteiger partial charge in [-0.2, -0.15) is 0 Å². The van der Waals surface area contributed by atoms with Crippen LogP contribution >= 0.6 is 0 Å². The molecule has 2 heterocycles. The fraction of sp³-hybridized carbons (Fsp3) is 0.474. The molecule has 3 rings (SSSR count). The highest BCUT2D eigenvalue weighted by molar-refractivity contribution is 5.79. The second kappa shape index (κ2) is 8.16. The molecular weight excluding hydrogens is 314 g/mol. The van der Waals surface area contributed by atoms with E-state index in [0.29, 0.717) is 12.4 Å². The van der Waals surface area contributed by atoms with E-state index in [4.69, 9.17) is 4.42 Å². The molecule has 6 heteroatoms. The van der Waals surface area contributed by atoms with Gasteiger partial charge >= 0.3 is 0 Å². The molecule has 2 aromatic rings. The summed E-state index contributed by atoms with van der Waals surface area (Å²) in [6.45, 7) is 8.39. The zero-order valence-corrected chi connectivity index (χ0v) is 15.3. The second-order valence-electron chi connectivity index (χ2n) is 6.40. The maximum Gasteiger partial charge on any atom is 0.214 e. The van der Waals surface area contributed by atoms with Crippen LogP contribution in [0.25, 0.3) is 0 Å². The third kappa shape index (κ3) is 4.60. The third-order valence-electron chi connectivity index (χ3n) is 4.63. The van der Waals surface area contributed by atoms with Crippen LogP contribution in [0.3, 0.4) is 0 Å². The summed E-state index contributed by atoms with van der Waals surface area (Å²) in [7, 11) is 1.78. The first-order valence-electron chi connectivity index (χ1n) is 8.82. The Morgan fingerprint density at radius 2 is 2.04 bits per heavy atom. The van der Waals surface area contributed by atoms with Crippen LogP contribution in [0.2, 0.25) is 0 Å². The van der Waals surface area contributed by atoms with Crippen LogP contribution in [-0.4, -0.2) is 42.5 Å². The number of aryl methyl sites for hydroxylation is 2. The lowest BCUT2D eigenvalue weighted by Crippen LogP contribution is -2.42. The maximum atomic E-state index is 5.58. The van der Waals surface area contributed by atoms with Crippen LogP contribution in [0.5, 0.6) is 0 Å². The number of nitrogens with zero attached hydrogens (tertiary/aromatic N) is 3. The molecule has 0 saturated carbocycles. The van der Waals surface area contributed by atoms with Crippen LogP contribution in [0.1, 0.15) is 28.5 Å². The van der Waals surface area contributed by atoms with Gasteiger partial charge in [0.15, 0.2) is 5.96 Å². The summed E-state index contributed by atoms with van der Waals surface area (Å²) in [6, 6.07) is 8.72. The summed E-state index contributed by atoms with van der Waals surface area (Å²) < 4.78 is 5.58. The van der Waals surface area contributed by atoms with Gasteiger partial charge in [0.1, 0.15) is 5.76 Å². The predicted molar refractivity (Wildman–Crippen MR) is 99.6 cm³/mol. The molecule has 1 aromatic carbocycles. The number of hydrogen-bond acceptors (Lipinski definition) is 4. The molecule has 25 heavy (non-hydrogen) atoms. The molecule has 0 saturated heterocycles. The minimum atomic E-state index is 0.533. The summed E-state index contributed by atoms with van der Waals surface area (Å²) >= 11 is 0. The van der Waals surface area contributed by atoms with Crippen molar-refractivity contribution in [3.05, 3.63) is 52.7 Å². The van der Waals surface area contributed by atoms with Crippen molar-refractivity contribution in [2.24, 2.45) is 4.99 Å². The quantitative estimate of drug-likeness (QED) is 0.643. The highest BCUT2D eigenvalue weighted by Crippen LogP contribution is 2.17. The zero-order chi connectivity index (χ0) is 17.6. The van der Waals surface area contributed by atoms with Crippen molar-refractivity contribution in [1.82, 2.24) is 20.5 Å². The van der Waals surface area contributed by atoms with E-state index < -0.39 is 0 Å². The number of nitrogens with one attached hydrogen (secondary N) is 2. The third-order valence-corrected chi connectivity index (χ3v) is 4.63. The molecule has 0 bridgehead atoms. The SMILES string of the molecule is CN=C(NCCN1CCc2ccccc2C1)NCc1nc(C)c(C)o1. The van der Waals surface area contributed by atoms with Crippen molar-refractivity contribution >= 4 is 5.96 Å². The van der Waals surface area contributed by atoms with Crippen LogP contribution < -0.4 is 10.6 Å². The van der Waals surface area contributed by atoms with Gasteiger partial charge in [-0.1, -0.05) is 24.3 Å². The molecule has 0 fully saturated rings. The minimum Gasteiger partial charge on any atom is -0.444 e. The summed E-state index contributed by atoms with van der Waals surface area (Å²) in [5, 5.41) is 6.60. The van der Waals surface area contributed by atoms with Gasteiger partial charge in [-0.25, -0.2) is 4.98 Å². The molecule has 134 valence electrons. The minimum absolute atomic E-state index is 0.533. The van der Waals surface area contributed by atoms with Crippen LogP contribution in [-0.2, 0) is 19.5 Å². The number of aliphatic imine (C=N–C) groups is 1. The van der Waals surface area contributed by atoms with E-state index in [1.54, 1.807) is 7.05 Å². The standard InChI is InChI=1S/C19H27N5O/c1-14-15(2)25-18(23-14)12-22-19(20-3)21-9-11-24-10-8-16-6-4-5-7-17(16)13-24/h4-7H,8-13H2,1-3H3,(H2,20,21,22). The highest BCUT2D eigenvalue weighted by Gasteiger charge is 2.15. The summed E-state index contributed by atoms with van der Waals surface area (Å²) in [4.78, 5) is 11.1. The molecular formula is C19H27N5O. The Labute approximate surface area is 149 Å². The molecule has 0 radical (unpaired) electrons. The molecule has 2 N–H and O–H groups in total. The van der Waals surface area contributed by atoms with Crippen LogP contribution in [0.15, 0.2) is 33.7 Å². The average molecular weight is 341 g/mol. The van der Waals surface area contributed by atoms with E-state index >= 15 is 0 Å². The summed E-state index contributed by atoms with van der Waals surface area (Å²) in [5.74, 6) is 2.32. The monoisotopic (exact) mass is 341 g/mol. The Kier molecular flexibility index (Phi) is 5.71. The highest BCUT2D eigenvalue weighted by atomic mass is 16.4. The van der Waals surface area contributed by atoms with E-state index in [0.717, 1.165) is 50.0 Å². The van der Waals surface area contributed by atoms with Crippen molar-refractivity contribution in [3.8, 4) is 0 Å². The Hall–Kier alpha value is -2.34. The number of oxazole rings is 1. The molecule has 6 nitrogen and oxygen atoms in total. The van der Waals surface area contributed by atoms with Gasteiger partial charge in [0, 0.05) is 33.2 Å². The molecule has 1 aliphatic rings. The molecule has 1 aliphatic heterocycles. The molecule has 0 spiro atoms. The Morgan fingerprint density at radius 1 is 1.24 bits per heavy atom. The molecule has 1 aromatic heterocycles. The molecule has 0 amide bonds. The van der Waals surface area contributed by atoms with Crippen molar-refractivity contribution in [3.63, 3.8) is 0 Å². The van der Waals surface area contributed by atoms with Crippen molar-refractivity contribution in [2.75, 3.05) is 26.7 Å². The van der Waals surface area contributed by atoms with Crippen LogP contribution in [0.4, 0.5) is 0 Å². The van der Waals surface area contributed by atoms with Gasteiger partial charge in [0.05, 0.1) is 12.2 Å². The molecule has 0 unspecified atom stereocenters. The normalized spacial score (nSPS) is 15.1. The van der Waals surface area contributed by atoms with Crippen molar-refractivity contribution in [2.45, 2.75) is 33.4 Å². The number of fused-ring (bicyclic) bond motifs is 1. The first-order valence-corrected chi connectivity index (χ1v) is 8.82. The summed E-state index contributed by atoms with van der Waals surface area (Å²) in [5.41, 5.74) is 3.87. The van der Waals surface area contributed by atoms with Crippen molar-refractivity contribution < 1.29 is 4.42 Å². The van der Waals surface area contributed by atoms with E-state index in [1.165, 1.54) is 11.1 Å². The van der Waals surface area contributed by atoms with Gasteiger partial charge in [0.25, 0.3) is 0 Å². The predicted octanol–water partition coefficient (Wildman–Crippen LogP) is 2.01. The maximum absolute atomic E-state index is 5.58. The number of hydrogen-bond donors (Lipinski definition) is 2. The smallest absolute Gasteiger partial charge is 0.214 e. The van der Waals surface area contributed by atoms with Crippen LogP contribution in [0, 0.1) is 13.8 Å². The summed E-state index contributed by atoms with van der Waals surface area (Å²) in [6.07, 6.45) is 1.13. The largest absolute Gasteiger partial charge is 0.444 e. The second-order valence-corrected chi connectivity index (χ2v) is 6.40. The molecule has 0 atom stereocenters. The van der Waals surface area contributed by atoms with E-state index in [1.807, 2.05) is 13.8 Å². The lowest BCUT2D eigenvalue weighted by atomic mass is 10.00. The lowest BCUT2D eigenvalue weighted by molar-refractivity contribution is 0.258. The zero-order valence-electron chi connectivity index (χ0n) is 15.3. The van der Waals surface area contributed by atoms with E-state index in [2.05, 4.69) is 49.8 Å². The number of guanidine groups is 1. The number of aromatic nitrogens is 1. The first kappa shape index (κ1) is 17.5. The number of benzene rings is 1. The van der Waals surface area contributed by atoms with Gasteiger partial charge in [0.2, 0.25) is 5.89 Å². The molecule has 0 aliphatic carbocycles. The Morgan fingerprint density at radius 3 is 2.76 bits per heavy atom. The fourth-order valence-electron chi connectivity index (χ4n) is 3.07. The van der Waals surface area contributed by atoms with E-state index in [-0.39, 0.29) is 0 Å². The topological polar surface area (TPSA) is 65.7 Å². The van der Waals surface area contributed by atoms with Gasteiger partial charge < -0.3 is 15.1 Å². The Balaban J connectivity index is 1.41. The number of rotatable bonds is 5. The lowest BCUT2D eigenvalue weighted by Gasteiger charge is -2.28. The van der Waals surface area contributed by atoms with Crippen molar-refractivity contribution in [1.29, 1.82) is 0 Å². The van der Waals surface area contributed by atoms with E-state index in [9.17, 15) is 0 Å². The average Bonchev–Trinajstić information content (AvgIpc) is 2.95. The fourth-order valence-corrected chi connectivity index (χ4v) is 3.07.